The van der Waals surface area contributed by atoms with E-state index in [9.17, 15) is 4.79 Å². The number of rotatable bonds is 8. The summed E-state index contributed by atoms with van der Waals surface area (Å²) in [6.45, 7) is 5.51. The fraction of sp³-hybridized carbons (Fsp3) is 0.240. The van der Waals surface area contributed by atoms with Gasteiger partial charge in [0.05, 0.1) is 5.69 Å². The van der Waals surface area contributed by atoms with Crippen LogP contribution in [-0.4, -0.2) is 37.4 Å². The smallest absolute Gasteiger partial charge is 0.274 e. The second kappa shape index (κ2) is 9.51. The lowest BCUT2D eigenvalue weighted by atomic mass is 10.1. The van der Waals surface area contributed by atoms with E-state index in [1.807, 2.05) is 67.2 Å². The van der Waals surface area contributed by atoms with Crippen LogP contribution in [0.2, 0.25) is 0 Å². The summed E-state index contributed by atoms with van der Waals surface area (Å²) >= 11 is 0. The van der Waals surface area contributed by atoms with Crippen molar-refractivity contribution in [3.8, 4) is 16.9 Å². The summed E-state index contributed by atoms with van der Waals surface area (Å²) in [5.74, 6) is 0.605. The van der Waals surface area contributed by atoms with E-state index in [2.05, 4.69) is 22.3 Å². The normalized spacial score (nSPS) is 10.8. The summed E-state index contributed by atoms with van der Waals surface area (Å²) in [5, 5.41) is 8.81. The minimum Gasteiger partial charge on any atom is -0.471 e. The van der Waals surface area contributed by atoms with Crippen LogP contribution < -0.4 is 4.74 Å². The molecule has 7 heteroatoms. The van der Waals surface area contributed by atoms with Crippen LogP contribution in [0.3, 0.4) is 0 Å². The van der Waals surface area contributed by atoms with E-state index in [1.165, 1.54) is 0 Å². The molecule has 0 radical (unpaired) electrons. The number of hydrogen-bond donors (Lipinski definition) is 0. The molecule has 2 aromatic heterocycles. The molecule has 0 spiro atoms. The molecule has 0 bridgehead atoms. The Morgan fingerprint density at radius 3 is 2.38 bits per heavy atom. The van der Waals surface area contributed by atoms with E-state index < -0.39 is 0 Å². The molecule has 164 valence electrons. The van der Waals surface area contributed by atoms with Gasteiger partial charge in [0, 0.05) is 38.1 Å². The van der Waals surface area contributed by atoms with Crippen LogP contribution in [-0.2, 0) is 19.8 Å². The zero-order valence-electron chi connectivity index (χ0n) is 18.6. The summed E-state index contributed by atoms with van der Waals surface area (Å²) in [7, 11) is 1.77. The summed E-state index contributed by atoms with van der Waals surface area (Å²) in [6, 6.07) is 19.8. The lowest BCUT2D eigenvalue weighted by molar-refractivity contribution is 0.0777. The molecule has 0 aliphatic carbocycles. The van der Waals surface area contributed by atoms with Crippen molar-refractivity contribution in [2.24, 2.45) is 0 Å². The lowest BCUT2D eigenvalue weighted by Crippen LogP contribution is -2.27. The average molecular weight is 430 g/mol. The summed E-state index contributed by atoms with van der Waals surface area (Å²) < 4.78 is 9.32. The second-order valence-electron chi connectivity index (χ2n) is 7.66. The molecule has 0 aliphatic rings. The first-order valence-corrected chi connectivity index (χ1v) is 10.6. The number of amides is 1. The zero-order chi connectivity index (χ0) is 22.5. The molecule has 0 saturated heterocycles. The van der Waals surface area contributed by atoms with E-state index in [0.29, 0.717) is 12.2 Å². The van der Waals surface area contributed by atoms with Crippen molar-refractivity contribution >= 4 is 5.91 Å². The Kier molecular flexibility index (Phi) is 6.35. The predicted octanol–water partition coefficient (Wildman–Crippen LogP) is 4.38. The number of carbonyl (C=O) groups excluding carboxylic acids is 1. The van der Waals surface area contributed by atoms with Crippen LogP contribution in [0, 0.1) is 6.92 Å². The number of ether oxygens (including phenoxy) is 1. The van der Waals surface area contributed by atoms with Crippen molar-refractivity contribution in [3.63, 3.8) is 0 Å². The van der Waals surface area contributed by atoms with Crippen molar-refractivity contribution in [1.29, 1.82) is 0 Å². The molecule has 0 atom stereocenters. The zero-order valence-corrected chi connectivity index (χ0v) is 18.6. The monoisotopic (exact) mass is 429 g/mol. The van der Waals surface area contributed by atoms with Crippen molar-refractivity contribution in [1.82, 2.24) is 24.5 Å². The third kappa shape index (κ3) is 4.88. The van der Waals surface area contributed by atoms with Gasteiger partial charge in [-0.15, -0.1) is 0 Å². The van der Waals surface area contributed by atoms with Crippen molar-refractivity contribution in [2.45, 2.75) is 33.7 Å². The largest absolute Gasteiger partial charge is 0.471 e. The van der Waals surface area contributed by atoms with Gasteiger partial charge in [0.2, 0.25) is 0 Å². The van der Waals surface area contributed by atoms with E-state index in [1.54, 1.807) is 28.9 Å². The van der Waals surface area contributed by atoms with Crippen LogP contribution in [0.15, 0.2) is 73.1 Å². The fourth-order valence-electron chi connectivity index (χ4n) is 3.46. The van der Waals surface area contributed by atoms with Gasteiger partial charge in [-0.1, -0.05) is 42.5 Å². The first-order valence-electron chi connectivity index (χ1n) is 10.6. The van der Waals surface area contributed by atoms with Crippen LogP contribution in [0.25, 0.3) is 11.1 Å². The molecule has 0 unspecified atom stereocenters. The van der Waals surface area contributed by atoms with Crippen LogP contribution in [0.5, 0.6) is 5.75 Å². The molecule has 1 amide bonds. The van der Waals surface area contributed by atoms with E-state index in [4.69, 9.17) is 4.74 Å². The molecule has 2 heterocycles. The summed E-state index contributed by atoms with van der Waals surface area (Å²) in [4.78, 5) is 14.4. The number of nitrogens with zero attached hydrogens (tertiary/aromatic N) is 5. The molecule has 4 rings (SSSR count). The summed E-state index contributed by atoms with van der Waals surface area (Å²) in [5.41, 5.74) is 4.65. The Labute approximate surface area is 187 Å². The molecule has 0 fully saturated rings. The number of benzene rings is 2. The minimum atomic E-state index is -0.139. The van der Waals surface area contributed by atoms with Gasteiger partial charge in [0.25, 0.3) is 5.91 Å². The van der Waals surface area contributed by atoms with Gasteiger partial charge in [-0.05, 0) is 43.2 Å². The molecule has 7 nitrogen and oxygen atoms in total. The van der Waals surface area contributed by atoms with Crippen LogP contribution in [0.1, 0.15) is 28.7 Å². The Bertz CT molecular complexity index is 1180. The third-order valence-corrected chi connectivity index (χ3v) is 5.31. The molecule has 0 saturated carbocycles. The van der Waals surface area contributed by atoms with E-state index in [0.717, 1.165) is 34.7 Å². The fourth-order valence-corrected chi connectivity index (χ4v) is 3.46. The highest BCUT2D eigenvalue weighted by atomic mass is 16.5. The van der Waals surface area contributed by atoms with Gasteiger partial charge in [-0.25, -0.2) is 4.68 Å². The standard InChI is InChI=1S/C25H27N5O2/c1-4-29-17-22(19(2)26-29)16-28(3)25(31)24-14-15-30(27-24)18-32-23-12-10-21(11-13-23)20-8-6-5-7-9-20/h5-15,17H,4,16,18H2,1-3H3. The Morgan fingerprint density at radius 2 is 1.69 bits per heavy atom. The molecule has 2 aromatic carbocycles. The molecular formula is C25H27N5O2. The first kappa shape index (κ1) is 21.4. The van der Waals surface area contributed by atoms with Gasteiger partial charge in [-0.2, -0.15) is 10.2 Å². The summed E-state index contributed by atoms with van der Waals surface area (Å²) in [6.07, 6.45) is 3.73. The Morgan fingerprint density at radius 1 is 0.969 bits per heavy atom. The van der Waals surface area contributed by atoms with E-state index in [-0.39, 0.29) is 12.6 Å². The topological polar surface area (TPSA) is 65.2 Å². The van der Waals surface area contributed by atoms with Gasteiger partial charge < -0.3 is 9.64 Å². The third-order valence-electron chi connectivity index (χ3n) is 5.31. The van der Waals surface area contributed by atoms with Crippen molar-refractivity contribution in [3.05, 3.63) is 90.0 Å². The minimum absolute atomic E-state index is 0.139. The number of hydrogen-bond acceptors (Lipinski definition) is 4. The van der Waals surface area contributed by atoms with Gasteiger partial charge in [-0.3, -0.25) is 9.48 Å². The van der Waals surface area contributed by atoms with Gasteiger partial charge >= 0.3 is 0 Å². The molecule has 4 aromatic rings. The highest BCUT2D eigenvalue weighted by Gasteiger charge is 2.17. The first-order chi connectivity index (χ1) is 15.5. The second-order valence-corrected chi connectivity index (χ2v) is 7.66. The van der Waals surface area contributed by atoms with Gasteiger partial charge in [0.15, 0.2) is 12.4 Å². The number of aryl methyl sites for hydroxylation is 2. The predicted molar refractivity (Wildman–Crippen MR) is 123 cm³/mol. The van der Waals surface area contributed by atoms with Crippen molar-refractivity contribution < 1.29 is 9.53 Å². The van der Waals surface area contributed by atoms with Gasteiger partial charge in [0.1, 0.15) is 5.75 Å². The number of carbonyl (C=O) groups is 1. The quantitative estimate of drug-likeness (QED) is 0.417. The van der Waals surface area contributed by atoms with E-state index >= 15 is 0 Å². The molecule has 32 heavy (non-hydrogen) atoms. The SMILES string of the molecule is CCn1cc(CN(C)C(=O)c2ccn(COc3ccc(-c4ccccc4)cc3)n2)c(C)n1. The van der Waals surface area contributed by atoms with Crippen LogP contribution in [0.4, 0.5) is 0 Å². The Hall–Kier alpha value is -3.87. The molecule has 0 aliphatic heterocycles. The Balaban J connectivity index is 1.34. The number of aromatic nitrogens is 4. The highest BCUT2D eigenvalue weighted by molar-refractivity contribution is 5.92. The lowest BCUT2D eigenvalue weighted by Gasteiger charge is -2.15. The molecular weight excluding hydrogens is 402 g/mol. The van der Waals surface area contributed by atoms with Crippen molar-refractivity contribution in [2.75, 3.05) is 7.05 Å². The average Bonchev–Trinajstić information content (AvgIpc) is 3.44. The maximum Gasteiger partial charge on any atom is 0.274 e. The van der Waals surface area contributed by atoms with Crippen LogP contribution >= 0.6 is 0 Å². The maximum atomic E-state index is 12.8. The highest BCUT2D eigenvalue weighted by Crippen LogP contribution is 2.22. The molecule has 0 N–H and O–H groups in total. The maximum absolute atomic E-state index is 12.8.